The van der Waals surface area contributed by atoms with Crippen LogP contribution in [0.25, 0.3) is 0 Å². The Morgan fingerprint density at radius 2 is 2.03 bits per heavy atom. The van der Waals surface area contributed by atoms with Gasteiger partial charge in [-0.15, -0.1) is 0 Å². The second kappa shape index (κ2) is 7.40. The van der Waals surface area contributed by atoms with Gasteiger partial charge in [0, 0.05) is 23.8 Å². The van der Waals surface area contributed by atoms with Crippen LogP contribution < -0.4 is 4.74 Å². The summed E-state index contributed by atoms with van der Waals surface area (Å²) in [6.45, 7) is 6.19. The van der Waals surface area contributed by atoms with Gasteiger partial charge in [-0.25, -0.2) is 14.2 Å². The molecule has 1 saturated carbocycles. The number of aliphatic carboxylic acids is 1. The lowest BCUT2D eigenvalue weighted by Gasteiger charge is -2.60. The fourth-order valence-corrected chi connectivity index (χ4v) is 6.06. The Kier molecular flexibility index (Phi) is 5.04. The normalized spacial score (nSPS) is 43.7. The van der Waals surface area contributed by atoms with Crippen molar-refractivity contribution in [1.29, 1.82) is 0 Å². The molecule has 170 valence electrons. The molecule has 0 aromatic heterocycles. The Balaban J connectivity index is 1.44. The van der Waals surface area contributed by atoms with E-state index in [9.17, 15) is 9.18 Å². The second-order valence-electron chi connectivity index (χ2n) is 9.72. The fraction of sp³-hybridized carbons (Fsp3) is 0.696. The highest BCUT2D eigenvalue weighted by Gasteiger charge is 2.69. The summed E-state index contributed by atoms with van der Waals surface area (Å²) < 4.78 is 32.8. The van der Waals surface area contributed by atoms with Crippen LogP contribution in [-0.2, 0) is 30.5 Å². The van der Waals surface area contributed by atoms with Crippen LogP contribution in [0.5, 0.6) is 5.75 Å². The summed E-state index contributed by atoms with van der Waals surface area (Å²) >= 11 is 0. The number of hydrogen-bond acceptors (Lipinski definition) is 6. The smallest absolute Gasteiger partial charge is 0.307 e. The van der Waals surface area contributed by atoms with Crippen LogP contribution in [-0.4, -0.2) is 35.0 Å². The van der Waals surface area contributed by atoms with Crippen molar-refractivity contribution in [1.82, 2.24) is 0 Å². The SMILES string of the molecule is C[C@H]1[C@@H](Oc2ccc(F)c(CC(=O)O)c2)O[C@@H]2O[C@@]3(C)CC[C@H]4[C@H](C)CC[C@@H]1[C@@]24OO3. The zero-order chi connectivity index (χ0) is 22.0. The van der Waals surface area contributed by atoms with Crippen molar-refractivity contribution < 1.29 is 38.3 Å². The molecule has 8 heteroatoms. The van der Waals surface area contributed by atoms with E-state index in [0.717, 1.165) is 25.7 Å². The van der Waals surface area contributed by atoms with Crippen LogP contribution in [0, 0.1) is 29.5 Å². The molecule has 5 aliphatic rings. The lowest BCUT2D eigenvalue weighted by Crippen LogP contribution is -2.70. The van der Waals surface area contributed by atoms with Crippen LogP contribution in [0.1, 0.15) is 52.0 Å². The van der Waals surface area contributed by atoms with Gasteiger partial charge in [0.05, 0.1) is 6.42 Å². The van der Waals surface area contributed by atoms with Crippen LogP contribution in [0.4, 0.5) is 4.39 Å². The zero-order valence-corrected chi connectivity index (χ0v) is 18.0. The molecule has 1 aromatic carbocycles. The quantitative estimate of drug-likeness (QED) is 0.713. The lowest BCUT2D eigenvalue weighted by atomic mass is 9.58. The Hall–Kier alpha value is -1.74. The number of fused-ring (bicyclic) bond motifs is 2. The number of halogens is 1. The van der Waals surface area contributed by atoms with Gasteiger partial charge in [-0.2, -0.15) is 0 Å². The van der Waals surface area contributed by atoms with Crippen LogP contribution in [0.2, 0.25) is 0 Å². The van der Waals surface area contributed by atoms with Crippen LogP contribution in [0.3, 0.4) is 0 Å². The number of ether oxygens (including phenoxy) is 3. The van der Waals surface area contributed by atoms with E-state index in [2.05, 4.69) is 13.8 Å². The minimum atomic E-state index is -1.10. The molecule has 0 amide bonds. The van der Waals surface area contributed by atoms with E-state index in [-0.39, 0.29) is 23.3 Å². The van der Waals surface area contributed by atoms with E-state index in [4.69, 9.17) is 29.1 Å². The highest BCUT2D eigenvalue weighted by molar-refractivity contribution is 5.70. The molecular formula is C23H29FO7. The molecule has 2 bridgehead atoms. The molecule has 4 saturated heterocycles. The third-order valence-electron chi connectivity index (χ3n) is 7.71. The minimum absolute atomic E-state index is 0.0334. The maximum atomic E-state index is 14.0. The summed E-state index contributed by atoms with van der Waals surface area (Å²) in [7, 11) is 0. The van der Waals surface area contributed by atoms with Gasteiger partial charge in [-0.1, -0.05) is 13.8 Å². The van der Waals surface area contributed by atoms with Crippen LogP contribution in [0.15, 0.2) is 18.2 Å². The molecule has 6 rings (SSSR count). The van der Waals surface area contributed by atoms with Gasteiger partial charge in [-0.3, -0.25) is 4.79 Å². The number of hydrogen-bond donors (Lipinski definition) is 1. The summed E-state index contributed by atoms with van der Waals surface area (Å²) in [4.78, 5) is 23.0. The van der Waals surface area contributed by atoms with E-state index in [1.54, 1.807) is 0 Å². The van der Waals surface area contributed by atoms with Gasteiger partial charge in [0.15, 0.2) is 11.9 Å². The molecule has 4 aliphatic heterocycles. The van der Waals surface area contributed by atoms with Crippen molar-refractivity contribution in [2.45, 2.75) is 76.8 Å². The van der Waals surface area contributed by atoms with E-state index >= 15 is 0 Å². The molecule has 1 aromatic rings. The van der Waals surface area contributed by atoms with Gasteiger partial charge in [0.25, 0.3) is 0 Å². The molecule has 1 aliphatic carbocycles. The zero-order valence-electron chi connectivity index (χ0n) is 18.0. The average Bonchev–Trinajstić information content (AvgIpc) is 2.94. The number of rotatable bonds is 4. The molecule has 7 nitrogen and oxygen atoms in total. The molecule has 5 fully saturated rings. The first-order valence-electron chi connectivity index (χ1n) is 11.1. The van der Waals surface area contributed by atoms with Crippen molar-refractivity contribution in [3.63, 3.8) is 0 Å². The van der Waals surface area contributed by atoms with E-state index in [1.165, 1.54) is 18.2 Å². The van der Waals surface area contributed by atoms with Gasteiger partial charge < -0.3 is 19.3 Å². The first kappa shape index (κ1) is 21.1. The Labute approximate surface area is 180 Å². The molecule has 0 unspecified atom stereocenters. The Bertz CT molecular complexity index is 877. The van der Waals surface area contributed by atoms with E-state index in [0.29, 0.717) is 11.7 Å². The topological polar surface area (TPSA) is 83.5 Å². The van der Waals surface area contributed by atoms with Gasteiger partial charge in [0.1, 0.15) is 11.6 Å². The number of benzene rings is 1. The summed E-state index contributed by atoms with van der Waals surface area (Å²) in [6.07, 6.45) is 2.02. The molecule has 8 atom stereocenters. The van der Waals surface area contributed by atoms with Crippen molar-refractivity contribution >= 4 is 5.97 Å². The lowest BCUT2D eigenvalue weighted by molar-refractivity contribution is -0.575. The number of carbonyl (C=O) groups is 1. The first-order valence-corrected chi connectivity index (χ1v) is 11.1. The third-order valence-corrected chi connectivity index (χ3v) is 7.71. The van der Waals surface area contributed by atoms with Crippen molar-refractivity contribution in [2.75, 3.05) is 0 Å². The van der Waals surface area contributed by atoms with E-state index < -0.39 is 42.2 Å². The fourth-order valence-electron chi connectivity index (χ4n) is 6.06. The molecule has 31 heavy (non-hydrogen) atoms. The summed E-state index contributed by atoms with van der Waals surface area (Å²) in [6, 6.07) is 4.15. The standard InChI is InChI=1S/C23H29FO7/c1-12-4-6-17-13(2)20(27-15-5-7-18(24)14(10-15)11-19(25)26)28-21-23(17)16(12)8-9-22(3,29-21)30-31-23/h5,7,10,12-13,16-17,20-21H,4,6,8-9,11H2,1-3H3,(H,25,26)/t12-,13-,16+,17+,20+,21-,22-,23-/m1/s1. The van der Waals surface area contributed by atoms with Crippen LogP contribution >= 0.6 is 0 Å². The van der Waals surface area contributed by atoms with Gasteiger partial charge >= 0.3 is 5.97 Å². The monoisotopic (exact) mass is 436 g/mol. The predicted octanol–water partition coefficient (Wildman–Crippen LogP) is 4.04. The highest BCUT2D eigenvalue weighted by Crippen LogP contribution is 2.60. The largest absolute Gasteiger partial charge is 0.481 e. The summed E-state index contributed by atoms with van der Waals surface area (Å²) in [5.74, 6) is -1.37. The average molecular weight is 436 g/mol. The second-order valence-corrected chi connectivity index (χ2v) is 9.72. The molecule has 0 radical (unpaired) electrons. The Morgan fingerprint density at radius 3 is 2.81 bits per heavy atom. The Morgan fingerprint density at radius 1 is 1.23 bits per heavy atom. The highest BCUT2D eigenvalue weighted by atomic mass is 19.1. The first-order chi connectivity index (χ1) is 14.7. The van der Waals surface area contributed by atoms with Gasteiger partial charge in [0.2, 0.25) is 12.1 Å². The predicted molar refractivity (Wildman–Crippen MR) is 105 cm³/mol. The molecular weight excluding hydrogens is 407 g/mol. The third kappa shape index (κ3) is 3.35. The van der Waals surface area contributed by atoms with Crippen molar-refractivity contribution in [3.8, 4) is 5.75 Å². The maximum absolute atomic E-state index is 14.0. The molecule has 1 spiro atoms. The number of carboxylic acid groups (broad SMARTS) is 1. The van der Waals surface area contributed by atoms with E-state index in [1.807, 2.05) is 6.92 Å². The van der Waals surface area contributed by atoms with Crippen molar-refractivity contribution in [2.24, 2.45) is 23.7 Å². The van der Waals surface area contributed by atoms with Gasteiger partial charge in [-0.05, 0) is 56.2 Å². The number of carboxylic acids is 1. The molecule has 1 N–H and O–H groups in total. The summed E-state index contributed by atoms with van der Waals surface area (Å²) in [5, 5.41) is 9.03. The summed E-state index contributed by atoms with van der Waals surface area (Å²) in [5.41, 5.74) is -0.602. The maximum Gasteiger partial charge on any atom is 0.307 e. The minimum Gasteiger partial charge on any atom is -0.481 e. The van der Waals surface area contributed by atoms with Crippen molar-refractivity contribution in [3.05, 3.63) is 29.6 Å². The molecule has 4 heterocycles.